The highest BCUT2D eigenvalue weighted by molar-refractivity contribution is 5.70. The van der Waals surface area contributed by atoms with Crippen LogP contribution in [-0.4, -0.2) is 11.1 Å². The molecule has 3 N–H and O–H groups in total. The number of benzene rings is 1. The van der Waals surface area contributed by atoms with Gasteiger partial charge in [0, 0.05) is 5.56 Å². The Kier molecular flexibility index (Phi) is 2.83. The standard InChI is InChI=1S/C8H5F4NO2/c9-4-2(1-3(14)15)5(10)7(12)8(13)6(4)11/h1,13H2,(H,14,15). The zero-order valence-electron chi connectivity index (χ0n) is 7.15. The second kappa shape index (κ2) is 3.76. The summed E-state index contributed by atoms with van der Waals surface area (Å²) in [6.07, 6.45) is -1.16. The van der Waals surface area contributed by atoms with Crippen molar-refractivity contribution in [1.29, 1.82) is 0 Å². The van der Waals surface area contributed by atoms with Crippen molar-refractivity contribution in [1.82, 2.24) is 0 Å². The molecule has 0 saturated carbocycles. The average Bonchev–Trinajstić information content (AvgIpc) is 2.18. The summed E-state index contributed by atoms with van der Waals surface area (Å²) in [5.74, 6) is -8.76. The minimum Gasteiger partial charge on any atom is -0.481 e. The lowest BCUT2D eigenvalue weighted by atomic mass is 10.1. The van der Waals surface area contributed by atoms with E-state index in [1.54, 1.807) is 0 Å². The molecule has 0 aliphatic carbocycles. The number of carboxylic acid groups (broad SMARTS) is 1. The molecule has 0 saturated heterocycles. The number of carboxylic acids is 1. The summed E-state index contributed by atoms with van der Waals surface area (Å²) < 4.78 is 51.4. The van der Waals surface area contributed by atoms with Gasteiger partial charge in [-0.25, -0.2) is 17.6 Å². The summed E-state index contributed by atoms with van der Waals surface area (Å²) in [5, 5.41) is 8.26. The van der Waals surface area contributed by atoms with Gasteiger partial charge in [-0.05, 0) is 0 Å². The number of hydrogen-bond donors (Lipinski definition) is 2. The molecule has 1 aromatic rings. The molecule has 0 unspecified atom stereocenters. The molecule has 0 aliphatic heterocycles. The maximum atomic E-state index is 12.9. The largest absolute Gasteiger partial charge is 0.481 e. The fourth-order valence-electron chi connectivity index (χ4n) is 1.00. The number of rotatable bonds is 2. The van der Waals surface area contributed by atoms with E-state index in [1.807, 2.05) is 0 Å². The van der Waals surface area contributed by atoms with E-state index in [0.717, 1.165) is 0 Å². The zero-order chi connectivity index (χ0) is 11.7. The molecule has 0 bridgehead atoms. The number of hydrogen-bond acceptors (Lipinski definition) is 2. The van der Waals surface area contributed by atoms with Crippen LogP contribution in [0.15, 0.2) is 0 Å². The van der Waals surface area contributed by atoms with E-state index in [1.165, 1.54) is 0 Å². The third kappa shape index (κ3) is 1.85. The molecule has 0 heterocycles. The minimum absolute atomic E-state index is 1.16. The molecule has 0 spiro atoms. The van der Waals surface area contributed by atoms with E-state index in [0.29, 0.717) is 0 Å². The van der Waals surface area contributed by atoms with Crippen molar-refractivity contribution >= 4 is 11.7 Å². The van der Waals surface area contributed by atoms with Gasteiger partial charge in [0.15, 0.2) is 23.3 Å². The Balaban J connectivity index is 3.45. The van der Waals surface area contributed by atoms with Gasteiger partial charge in [0.25, 0.3) is 0 Å². The van der Waals surface area contributed by atoms with Crippen molar-refractivity contribution in [2.45, 2.75) is 6.42 Å². The van der Waals surface area contributed by atoms with Crippen molar-refractivity contribution in [3.05, 3.63) is 28.8 Å². The Labute approximate surface area is 81.1 Å². The average molecular weight is 223 g/mol. The summed E-state index contributed by atoms with van der Waals surface area (Å²) in [6, 6.07) is 0. The summed E-state index contributed by atoms with van der Waals surface area (Å²) in [6.45, 7) is 0. The van der Waals surface area contributed by atoms with Crippen LogP contribution in [0.3, 0.4) is 0 Å². The van der Waals surface area contributed by atoms with Gasteiger partial charge in [0.2, 0.25) is 0 Å². The second-order valence-corrected chi connectivity index (χ2v) is 2.72. The summed E-state index contributed by atoms with van der Waals surface area (Å²) in [5.41, 5.74) is 2.21. The monoisotopic (exact) mass is 223 g/mol. The van der Waals surface area contributed by atoms with Crippen LogP contribution in [0, 0.1) is 23.3 Å². The first-order valence-electron chi connectivity index (χ1n) is 3.68. The number of anilines is 1. The smallest absolute Gasteiger partial charge is 0.308 e. The van der Waals surface area contributed by atoms with Crippen molar-refractivity contribution in [3.8, 4) is 0 Å². The number of carbonyl (C=O) groups is 1. The molecule has 0 atom stereocenters. The highest BCUT2D eigenvalue weighted by Crippen LogP contribution is 2.25. The van der Waals surface area contributed by atoms with Gasteiger partial charge in [-0.2, -0.15) is 0 Å². The normalized spacial score (nSPS) is 10.4. The van der Waals surface area contributed by atoms with Crippen LogP contribution in [0.4, 0.5) is 23.2 Å². The number of nitrogen functional groups attached to an aromatic ring is 1. The van der Waals surface area contributed by atoms with Gasteiger partial charge in [-0.1, -0.05) is 0 Å². The molecule has 15 heavy (non-hydrogen) atoms. The van der Waals surface area contributed by atoms with E-state index < -0.39 is 46.9 Å². The summed E-state index contributed by atoms with van der Waals surface area (Å²) in [7, 11) is 0. The Bertz CT molecular complexity index is 404. The Hall–Kier alpha value is -1.79. The van der Waals surface area contributed by atoms with Crippen LogP contribution < -0.4 is 5.73 Å². The molecule has 1 rings (SSSR count). The van der Waals surface area contributed by atoms with Crippen LogP contribution >= 0.6 is 0 Å². The molecule has 1 aromatic carbocycles. The molecular formula is C8H5F4NO2. The Morgan fingerprint density at radius 2 is 1.47 bits per heavy atom. The molecule has 0 aliphatic rings. The molecule has 7 heteroatoms. The van der Waals surface area contributed by atoms with Gasteiger partial charge in [-0.15, -0.1) is 0 Å². The first-order valence-corrected chi connectivity index (χ1v) is 3.68. The lowest BCUT2D eigenvalue weighted by Gasteiger charge is -2.07. The molecular weight excluding hydrogens is 218 g/mol. The summed E-state index contributed by atoms with van der Waals surface area (Å²) >= 11 is 0. The number of aliphatic carboxylic acids is 1. The molecule has 82 valence electrons. The Morgan fingerprint density at radius 1 is 1.07 bits per heavy atom. The van der Waals surface area contributed by atoms with Crippen molar-refractivity contribution in [2.75, 3.05) is 5.73 Å². The van der Waals surface area contributed by atoms with Crippen molar-refractivity contribution in [2.24, 2.45) is 0 Å². The first kappa shape index (κ1) is 11.3. The van der Waals surface area contributed by atoms with Gasteiger partial charge in [0.05, 0.1) is 6.42 Å². The topological polar surface area (TPSA) is 63.3 Å². The van der Waals surface area contributed by atoms with Gasteiger partial charge < -0.3 is 10.8 Å². The first-order chi connectivity index (χ1) is 6.86. The highest BCUT2D eigenvalue weighted by atomic mass is 19.2. The molecule has 0 aromatic heterocycles. The highest BCUT2D eigenvalue weighted by Gasteiger charge is 2.24. The predicted octanol–water partition coefficient (Wildman–Crippen LogP) is 1.45. The van der Waals surface area contributed by atoms with Crippen LogP contribution in [0.1, 0.15) is 5.56 Å². The third-order valence-corrected chi connectivity index (χ3v) is 1.72. The fraction of sp³-hybridized carbons (Fsp3) is 0.125. The molecule has 0 fully saturated rings. The van der Waals surface area contributed by atoms with E-state index in [4.69, 9.17) is 10.8 Å². The SMILES string of the molecule is Nc1c(F)c(F)c(CC(=O)O)c(F)c1F. The molecule has 0 amide bonds. The summed E-state index contributed by atoms with van der Waals surface area (Å²) in [4.78, 5) is 10.2. The third-order valence-electron chi connectivity index (χ3n) is 1.72. The quantitative estimate of drug-likeness (QED) is 0.453. The lowest BCUT2D eigenvalue weighted by molar-refractivity contribution is -0.136. The number of nitrogens with two attached hydrogens (primary N) is 1. The second-order valence-electron chi connectivity index (χ2n) is 2.72. The van der Waals surface area contributed by atoms with Crippen molar-refractivity contribution in [3.63, 3.8) is 0 Å². The lowest BCUT2D eigenvalue weighted by Crippen LogP contribution is -2.11. The van der Waals surface area contributed by atoms with Gasteiger partial charge in [-0.3, -0.25) is 4.79 Å². The van der Waals surface area contributed by atoms with E-state index in [-0.39, 0.29) is 0 Å². The molecule has 3 nitrogen and oxygen atoms in total. The minimum atomic E-state index is -1.79. The van der Waals surface area contributed by atoms with Crippen LogP contribution in [0.2, 0.25) is 0 Å². The van der Waals surface area contributed by atoms with Gasteiger partial charge in [0.1, 0.15) is 5.69 Å². The maximum absolute atomic E-state index is 12.9. The zero-order valence-corrected chi connectivity index (χ0v) is 7.15. The molecule has 0 radical (unpaired) electrons. The predicted molar refractivity (Wildman–Crippen MR) is 42.0 cm³/mol. The fourth-order valence-corrected chi connectivity index (χ4v) is 1.00. The van der Waals surface area contributed by atoms with Crippen LogP contribution in [0.5, 0.6) is 0 Å². The van der Waals surface area contributed by atoms with E-state index in [9.17, 15) is 22.4 Å². The van der Waals surface area contributed by atoms with Crippen molar-refractivity contribution < 1.29 is 27.5 Å². The van der Waals surface area contributed by atoms with Crippen LogP contribution in [-0.2, 0) is 11.2 Å². The van der Waals surface area contributed by atoms with Gasteiger partial charge >= 0.3 is 5.97 Å². The maximum Gasteiger partial charge on any atom is 0.308 e. The number of halogens is 4. The van der Waals surface area contributed by atoms with Crippen LogP contribution in [0.25, 0.3) is 0 Å². The van der Waals surface area contributed by atoms with E-state index >= 15 is 0 Å². The Morgan fingerprint density at radius 3 is 1.80 bits per heavy atom. The van der Waals surface area contributed by atoms with E-state index in [2.05, 4.69) is 0 Å².